The first-order chi connectivity index (χ1) is 8.29. The van der Waals surface area contributed by atoms with Crippen LogP contribution in [0.15, 0.2) is 4.52 Å². The average Bonchev–Trinajstić information content (AvgIpc) is 2.94. The highest BCUT2D eigenvalue weighted by Crippen LogP contribution is 2.42. The van der Waals surface area contributed by atoms with Crippen molar-refractivity contribution in [3.8, 4) is 11.5 Å². The topological polar surface area (TPSA) is 74.2 Å². The van der Waals surface area contributed by atoms with Crippen LogP contribution < -0.4 is 5.73 Å². The molecule has 0 radical (unpaired) electrons. The summed E-state index contributed by atoms with van der Waals surface area (Å²) in [5, 5.41) is 4.65. The van der Waals surface area contributed by atoms with Gasteiger partial charge in [0.15, 0.2) is 5.82 Å². The fraction of sp³-hybridized carbons (Fsp3) is 0.455. The van der Waals surface area contributed by atoms with Crippen molar-refractivity contribution >= 4 is 16.3 Å². The van der Waals surface area contributed by atoms with Gasteiger partial charge in [0.05, 0.1) is 10.6 Å². The molecule has 0 saturated carbocycles. The molecule has 3 rings (SSSR count). The van der Waals surface area contributed by atoms with Gasteiger partial charge in [0.2, 0.25) is 0 Å². The van der Waals surface area contributed by atoms with Crippen molar-refractivity contribution in [3.63, 3.8) is 0 Å². The predicted molar refractivity (Wildman–Crippen MR) is 64.8 cm³/mol. The first kappa shape index (κ1) is 10.7. The Morgan fingerprint density at radius 1 is 1.47 bits per heavy atom. The monoisotopic (exact) mass is 251 g/mol. The number of aryl methyl sites for hydroxylation is 1. The van der Waals surface area contributed by atoms with Gasteiger partial charge in [0.25, 0.3) is 5.89 Å². The van der Waals surface area contributed by atoms with Crippen LogP contribution in [0.4, 0.5) is 5.00 Å². The first-order valence-corrected chi connectivity index (χ1v) is 6.33. The lowest BCUT2D eigenvalue weighted by Crippen LogP contribution is -1.91. The summed E-state index contributed by atoms with van der Waals surface area (Å²) in [7, 11) is 1.60. The second kappa shape index (κ2) is 4.12. The van der Waals surface area contributed by atoms with Crippen molar-refractivity contribution in [1.29, 1.82) is 0 Å². The maximum absolute atomic E-state index is 6.03. The Morgan fingerprint density at radius 2 is 2.35 bits per heavy atom. The molecule has 5 nitrogen and oxygen atoms in total. The van der Waals surface area contributed by atoms with Crippen LogP contribution in [0.25, 0.3) is 11.5 Å². The maximum Gasteiger partial charge on any atom is 0.261 e. The van der Waals surface area contributed by atoms with E-state index in [0.29, 0.717) is 18.3 Å². The Hall–Kier alpha value is -1.40. The zero-order valence-electron chi connectivity index (χ0n) is 9.52. The molecule has 17 heavy (non-hydrogen) atoms. The van der Waals surface area contributed by atoms with Crippen molar-refractivity contribution in [3.05, 3.63) is 16.3 Å². The van der Waals surface area contributed by atoms with Crippen LogP contribution in [0.5, 0.6) is 0 Å². The van der Waals surface area contributed by atoms with Crippen LogP contribution in [-0.4, -0.2) is 17.3 Å². The molecule has 1 aliphatic carbocycles. The van der Waals surface area contributed by atoms with Crippen LogP contribution in [0, 0.1) is 0 Å². The van der Waals surface area contributed by atoms with Gasteiger partial charge < -0.3 is 15.0 Å². The molecule has 0 aromatic carbocycles. The fourth-order valence-corrected chi connectivity index (χ4v) is 3.36. The molecule has 0 spiro atoms. The van der Waals surface area contributed by atoms with Crippen LogP contribution in [-0.2, 0) is 24.2 Å². The SMILES string of the molecule is COCc1noc(-c2c(N)sc3c2CCC3)n1. The largest absolute Gasteiger partial charge is 0.390 e. The number of fused-ring (bicyclic) bond motifs is 1. The molecule has 0 saturated heterocycles. The summed E-state index contributed by atoms with van der Waals surface area (Å²) in [6, 6.07) is 0. The van der Waals surface area contributed by atoms with E-state index in [1.165, 1.54) is 16.9 Å². The number of hydrogen-bond acceptors (Lipinski definition) is 6. The van der Waals surface area contributed by atoms with Crippen LogP contribution in [0.1, 0.15) is 22.7 Å². The normalized spacial score (nSPS) is 14.2. The Balaban J connectivity index is 2.02. The smallest absolute Gasteiger partial charge is 0.261 e. The Labute approximate surface area is 103 Å². The van der Waals surface area contributed by atoms with Gasteiger partial charge in [0.1, 0.15) is 6.61 Å². The summed E-state index contributed by atoms with van der Waals surface area (Å²) in [5.74, 6) is 1.08. The molecule has 0 unspecified atom stereocenters. The third kappa shape index (κ3) is 1.73. The highest BCUT2D eigenvalue weighted by atomic mass is 32.1. The summed E-state index contributed by atoms with van der Waals surface area (Å²) < 4.78 is 10.2. The number of methoxy groups -OCH3 is 1. The summed E-state index contributed by atoms with van der Waals surface area (Å²) in [6.07, 6.45) is 3.36. The molecule has 2 heterocycles. The molecule has 2 N–H and O–H groups in total. The maximum atomic E-state index is 6.03. The van der Waals surface area contributed by atoms with Gasteiger partial charge >= 0.3 is 0 Å². The number of anilines is 1. The Morgan fingerprint density at radius 3 is 3.18 bits per heavy atom. The lowest BCUT2D eigenvalue weighted by molar-refractivity contribution is 0.174. The quantitative estimate of drug-likeness (QED) is 0.903. The number of rotatable bonds is 3. The minimum atomic E-state index is 0.357. The van der Waals surface area contributed by atoms with E-state index >= 15 is 0 Å². The van der Waals surface area contributed by atoms with Crippen molar-refractivity contribution < 1.29 is 9.26 Å². The number of nitrogen functional groups attached to an aromatic ring is 1. The third-order valence-corrected chi connectivity index (χ3v) is 4.02. The van der Waals surface area contributed by atoms with E-state index in [2.05, 4.69) is 10.1 Å². The third-order valence-electron chi connectivity index (χ3n) is 2.90. The van der Waals surface area contributed by atoms with Gasteiger partial charge in [-0.3, -0.25) is 0 Å². The van der Waals surface area contributed by atoms with Gasteiger partial charge in [0, 0.05) is 12.0 Å². The van der Waals surface area contributed by atoms with Crippen molar-refractivity contribution in [2.45, 2.75) is 25.9 Å². The van der Waals surface area contributed by atoms with Crippen molar-refractivity contribution in [2.24, 2.45) is 0 Å². The van der Waals surface area contributed by atoms with E-state index in [1.54, 1.807) is 18.4 Å². The molecule has 2 aromatic heterocycles. The van der Waals surface area contributed by atoms with Crippen LogP contribution in [0.2, 0.25) is 0 Å². The summed E-state index contributed by atoms with van der Waals surface area (Å²) in [6.45, 7) is 0.357. The number of aromatic nitrogens is 2. The van der Waals surface area contributed by atoms with E-state index < -0.39 is 0 Å². The average molecular weight is 251 g/mol. The lowest BCUT2D eigenvalue weighted by Gasteiger charge is -1.96. The second-order valence-corrected chi connectivity index (χ2v) is 5.18. The summed E-state index contributed by atoms with van der Waals surface area (Å²) in [5.41, 5.74) is 8.26. The fourth-order valence-electron chi connectivity index (χ4n) is 2.20. The van der Waals surface area contributed by atoms with Gasteiger partial charge in [-0.2, -0.15) is 4.98 Å². The van der Waals surface area contributed by atoms with Crippen molar-refractivity contribution in [1.82, 2.24) is 10.1 Å². The molecule has 6 heteroatoms. The van der Waals surface area contributed by atoms with Gasteiger partial charge in [-0.25, -0.2) is 0 Å². The number of nitrogens with two attached hydrogens (primary N) is 1. The van der Waals surface area contributed by atoms with Gasteiger partial charge in [-0.15, -0.1) is 11.3 Å². The molecular formula is C11H13N3O2S. The molecule has 0 aliphatic heterocycles. The van der Waals surface area contributed by atoms with E-state index in [0.717, 1.165) is 23.4 Å². The van der Waals surface area contributed by atoms with Crippen LogP contribution >= 0.6 is 11.3 Å². The van der Waals surface area contributed by atoms with E-state index in [1.807, 2.05) is 0 Å². The molecule has 0 fully saturated rings. The van der Waals surface area contributed by atoms with Crippen molar-refractivity contribution in [2.75, 3.05) is 12.8 Å². The highest BCUT2D eigenvalue weighted by molar-refractivity contribution is 7.16. The molecule has 1 aliphatic rings. The Kier molecular flexibility index (Phi) is 2.60. The minimum Gasteiger partial charge on any atom is -0.390 e. The van der Waals surface area contributed by atoms with E-state index in [4.69, 9.17) is 15.0 Å². The zero-order valence-corrected chi connectivity index (χ0v) is 10.3. The number of thiophene rings is 1. The molecule has 0 amide bonds. The molecule has 90 valence electrons. The zero-order chi connectivity index (χ0) is 11.8. The minimum absolute atomic E-state index is 0.357. The predicted octanol–water partition coefficient (Wildman–Crippen LogP) is 2.02. The van der Waals surface area contributed by atoms with E-state index in [-0.39, 0.29) is 0 Å². The Bertz CT molecular complexity index is 547. The van der Waals surface area contributed by atoms with Gasteiger partial charge in [-0.1, -0.05) is 5.16 Å². The number of hydrogen-bond donors (Lipinski definition) is 1. The molecule has 0 bridgehead atoms. The molecule has 0 atom stereocenters. The first-order valence-electron chi connectivity index (χ1n) is 5.51. The lowest BCUT2D eigenvalue weighted by atomic mass is 10.1. The number of ether oxygens (including phenoxy) is 1. The summed E-state index contributed by atoms with van der Waals surface area (Å²) in [4.78, 5) is 5.67. The number of nitrogens with zero attached hydrogens (tertiary/aromatic N) is 2. The second-order valence-electron chi connectivity index (χ2n) is 4.05. The van der Waals surface area contributed by atoms with Gasteiger partial charge in [-0.05, 0) is 24.8 Å². The molecular weight excluding hydrogens is 238 g/mol. The van der Waals surface area contributed by atoms with E-state index in [9.17, 15) is 0 Å². The summed E-state index contributed by atoms with van der Waals surface area (Å²) >= 11 is 1.64. The molecule has 2 aromatic rings. The standard InChI is InChI=1S/C11H13N3O2S/c1-15-5-8-13-11(16-14-8)9-6-3-2-4-7(6)17-10(9)12/h2-5,12H2,1H3. The van der Waals surface area contributed by atoms with Crippen LogP contribution in [0.3, 0.4) is 0 Å². The highest BCUT2D eigenvalue weighted by Gasteiger charge is 2.25.